The molecule has 2 heterocycles. The van der Waals surface area contributed by atoms with Crippen LogP contribution in [-0.4, -0.2) is 10.7 Å². The fourth-order valence-electron chi connectivity index (χ4n) is 2.04. The van der Waals surface area contributed by atoms with Crippen molar-refractivity contribution in [1.29, 1.82) is 0 Å². The number of hydrogen-bond acceptors (Lipinski definition) is 4. The molecule has 1 saturated heterocycles. The van der Waals surface area contributed by atoms with Crippen LogP contribution in [0.4, 0.5) is 5.69 Å². The van der Waals surface area contributed by atoms with E-state index in [1.54, 1.807) is 0 Å². The molecule has 1 atom stereocenters. The van der Waals surface area contributed by atoms with Crippen LogP contribution in [0.15, 0.2) is 22.6 Å². The molecule has 2 N–H and O–H groups in total. The Labute approximate surface area is 98.4 Å². The van der Waals surface area contributed by atoms with Crippen LogP contribution in [0.1, 0.15) is 30.4 Å². The van der Waals surface area contributed by atoms with Crippen LogP contribution in [0.25, 0.3) is 11.1 Å². The highest BCUT2D eigenvalue weighted by Gasteiger charge is 2.21. The normalized spacial score (nSPS) is 21.4. The molecule has 0 aliphatic carbocycles. The van der Waals surface area contributed by atoms with Gasteiger partial charge in [-0.3, -0.25) is 0 Å². The van der Waals surface area contributed by atoms with Crippen LogP contribution in [0, 0.1) is 0 Å². The van der Waals surface area contributed by atoms with Crippen LogP contribution in [0.5, 0.6) is 0 Å². The minimum absolute atomic E-state index is 0.433. The molecule has 3 rings (SSSR count). The van der Waals surface area contributed by atoms with Gasteiger partial charge in [-0.15, -0.1) is 11.8 Å². The first kappa shape index (κ1) is 10.0. The standard InChI is InChI=1S/C12H14N2OS/c13-8-4-5-10-9(7-8)14-12(15-10)11-3-1-2-6-16-11/h4-5,7,11H,1-3,6,13H2. The summed E-state index contributed by atoms with van der Waals surface area (Å²) in [5, 5.41) is 0.433. The van der Waals surface area contributed by atoms with Crippen molar-refractivity contribution in [2.45, 2.75) is 24.5 Å². The number of hydrogen-bond donors (Lipinski definition) is 1. The monoisotopic (exact) mass is 234 g/mol. The number of oxazole rings is 1. The number of thioether (sulfide) groups is 1. The maximum atomic E-state index is 5.78. The lowest BCUT2D eigenvalue weighted by Gasteiger charge is -2.17. The van der Waals surface area contributed by atoms with Gasteiger partial charge in [0.05, 0.1) is 5.25 Å². The fourth-order valence-corrected chi connectivity index (χ4v) is 3.27. The summed E-state index contributed by atoms with van der Waals surface area (Å²) in [5.74, 6) is 2.08. The average Bonchev–Trinajstić information content (AvgIpc) is 2.73. The van der Waals surface area contributed by atoms with Crippen molar-refractivity contribution in [3.63, 3.8) is 0 Å². The van der Waals surface area contributed by atoms with E-state index in [9.17, 15) is 0 Å². The summed E-state index contributed by atoms with van der Waals surface area (Å²) in [6, 6.07) is 5.62. The lowest BCUT2D eigenvalue weighted by molar-refractivity contribution is 0.501. The van der Waals surface area contributed by atoms with Gasteiger partial charge in [-0.05, 0) is 36.8 Å². The zero-order valence-corrected chi connectivity index (χ0v) is 9.80. The maximum Gasteiger partial charge on any atom is 0.208 e. The summed E-state index contributed by atoms with van der Waals surface area (Å²) in [6.07, 6.45) is 3.76. The van der Waals surface area contributed by atoms with Gasteiger partial charge in [0.2, 0.25) is 5.89 Å². The molecule has 1 aliphatic heterocycles. The van der Waals surface area contributed by atoms with E-state index in [0.29, 0.717) is 5.25 Å². The van der Waals surface area contributed by atoms with E-state index in [0.717, 1.165) is 22.7 Å². The number of fused-ring (bicyclic) bond motifs is 1. The molecule has 1 fully saturated rings. The molecule has 1 aromatic heterocycles. The van der Waals surface area contributed by atoms with Gasteiger partial charge < -0.3 is 10.2 Å². The lowest BCUT2D eigenvalue weighted by atomic mass is 10.2. The van der Waals surface area contributed by atoms with Gasteiger partial charge in [-0.2, -0.15) is 0 Å². The Morgan fingerprint density at radius 3 is 3.12 bits per heavy atom. The highest BCUT2D eigenvalue weighted by molar-refractivity contribution is 7.99. The second-order valence-corrected chi connectivity index (χ2v) is 5.45. The molecule has 0 radical (unpaired) electrons. The molecule has 1 aromatic carbocycles. The quantitative estimate of drug-likeness (QED) is 0.769. The van der Waals surface area contributed by atoms with Crippen molar-refractivity contribution in [3.05, 3.63) is 24.1 Å². The predicted octanol–water partition coefficient (Wildman–Crippen LogP) is 3.37. The number of benzene rings is 1. The molecule has 1 unspecified atom stereocenters. The van der Waals surface area contributed by atoms with Gasteiger partial charge >= 0.3 is 0 Å². The third-order valence-electron chi connectivity index (χ3n) is 2.88. The molecular weight excluding hydrogens is 220 g/mol. The van der Waals surface area contributed by atoms with Crippen molar-refractivity contribution in [2.24, 2.45) is 0 Å². The van der Waals surface area contributed by atoms with Crippen molar-refractivity contribution in [3.8, 4) is 0 Å². The van der Waals surface area contributed by atoms with E-state index in [4.69, 9.17) is 10.2 Å². The Kier molecular flexibility index (Phi) is 2.52. The van der Waals surface area contributed by atoms with E-state index in [2.05, 4.69) is 4.98 Å². The second kappa shape index (κ2) is 4.01. The van der Waals surface area contributed by atoms with Crippen LogP contribution in [0.2, 0.25) is 0 Å². The van der Waals surface area contributed by atoms with Crippen molar-refractivity contribution in [2.75, 3.05) is 11.5 Å². The number of nitrogens with two attached hydrogens (primary N) is 1. The third kappa shape index (κ3) is 1.78. The average molecular weight is 234 g/mol. The van der Waals surface area contributed by atoms with E-state index < -0.39 is 0 Å². The van der Waals surface area contributed by atoms with Gasteiger partial charge in [0, 0.05) is 5.69 Å². The van der Waals surface area contributed by atoms with Gasteiger partial charge in [0.1, 0.15) is 5.52 Å². The number of anilines is 1. The molecule has 0 spiro atoms. The SMILES string of the molecule is Nc1ccc2oc(C3CCCCS3)nc2c1. The van der Waals surface area contributed by atoms with Gasteiger partial charge in [-0.1, -0.05) is 6.42 Å². The Balaban J connectivity index is 1.97. The van der Waals surface area contributed by atoms with Crippen LogP contribution >= 0.6 is 11.8 Å². The number of rotatable bonds is 1. The fraction of sp³-hybridized carbons (Fsp3) is 0.417. The number of nitrogen functional groups attached to an aromatic ring is 1. The smallest absolute Gasteiger partial charge is 0.208 e. The maximum absolute atomic E-state index is 5.78. The zero-order chi connectivity index (χ0) is 11.0. The second-order valence-electron chi connectivity index (χ2n) is 4.13. The topological polar surface area (TPSA) is 52.0 Å². The first-order chi connectivity index (χ1) is 7.83. The van der Waals surface area contributed by atoms with Crippen LogP contribution in [-0.2, 0) is 0 Å². The highest BCUT2D eigenvalue weighted by atomic mass is 32.2. The summed E-state index contributed by atoms with van der Waals surface area (Å²) in [6.45, 7) is 0. The molecule has 4 heteroatoms. The molecule has 16 heavy (non-hydrogen) atoms. The first-order valence-electron chi connectivity index (χ1n) is 5.60. The minimum atomic E-state index is 0.433. The molecule has 84 valence electrons. The summed E-state index contributed by atoms with van der Waals surface area (Å²) in [5.41, 5.74) is 8.18. The highest BCUT2D eigenvalue weighted by Crippen LogP contribution is 2.38. The van der Waals surface area contributed by atoms with Gasteiger partial charge in [-0.25, -0.2) is 4.98 Å². The summed E-state index contributed by atoms with van der Waals surface area (Å²) in [7, 11) is 0. The Morgan fingerprint density at radius 2 is 2.31 bits per heavy atom. The zero-order valence-electron chi connectivity index (χ0n) is 8.98. The molecule has 0 saturated carbocycles. The molecular formula is C12H14N2OS. The van der Waals surface area contributed by atoms with Gasteiger partial charge in [0.15, 0.2) is 5.58 Å². The third-order valence-corrected chi connectivity index (χ3v) is 4.25. The van der Waals surface area contributed by atoms with Crippen LogP contribution < -0.4 is 5.73 Å². The van der Waals surface area contributed by atoms with Crippen molar-refractivity contribution in [1.82, 2.24) is 4.98 Å². The minimum Gasteiger partial charge on any atom is -0.439 e. The van der Waals surface area contributed by atoms with E-state index in [1.807, 2.05) is 30.0 Å². The van der Waals surface area contributed by atoms with Gasteiger partial charge in [0.25, 0.3) is 0 Å². The molecule has 3 nitrogen and oxygen atoms in total. The molecule has 0 amide bonds. The summed E-state index contributed by atoms with van der Waals surface area (Å²) < 4.78 is 5.78. The lowest BCUT2D eigenvalue weighted by Crippen LogP contribution is -2.01. The molecule has 1 aliphatic rings. The van der Waals surface area contributed by atoms with Crippen molar-refractivity contribution < 1.29 is 4.42 Å². The number of nitrogens with zero attached hydrogens (tertiary/aromatic N) is 1. The van der Waals surface area contributed by atoms with Crippen molar-refractivity contribution >= 4 is 28.5 Å². The predicted molar refractivity (Wildman–Crippen MR) is 67.5 cm³/mol. The Bertz CT molecular complexity index is 503. The molecule has 0 bridgehead atoms. The van der Waals surface area contributed by atoms with E-state index in [-0.39, 0.29) is 0 Å². The van der Waals surface area contributed by atoms with E-state index in [1.165, 1.54) is 25.0 Å². The van der Waals surface area contributed by atoms with Crippen LogP contribution in [0.3, 0.4) is 0 Å². The number of aromatic nitrogens is 1. The summed E-state index contributed by atoms with van der Waals surface area (Å²) >= 11 is 1.95. The Morgan fingerprint density at radius 1 is 1.38 bits per heavy atom. The summed E-state index contributed by atoms with van der Waals surface area (Å²) in [4.78, 5) is 4.53. The largest absolute Gasteiger partial charge is 0.439 e. The van der Waals surface area contributed by atoms with E-state index >= 15 is 0 Å². The Hall–Kier alpha value is -1.16. The molecule has 2 aromatic rings. The first-order valence-corrected chi connectivity index (χ1v) is 6.65.